The lowest BCUT2D eigenvalue weighted by atomic mass is 10.1. The largest absolute Gasteiger partial charge is 0.368 e. The number of nitrogens with zero attached hydrogens (tertiary/aromatic N) is 1. The standard InChI is InChI=1S/C10H18N2O/c11-10(13)9-6-3-7-12(9)8-4-1-2-5-8/h8-9H,1-7H2,(H2,11,13)/t9-/m0/s1. The van der Waals surface area contributed by atoms with Crippen LogP contribution in [0.1, 0.15) is 38.5 Å². The zero-order valence-corrected chi connectivity index (χ0v) is 8.04. The van der Waals surface area contributed by atoms with E-state index in [0.717, 1.165) is 19.4 Å². The Labute approximate surface area is 79.3 Å². The van der Waals surface area contributed by atoms with Crippen molar-refractivity contribution in [3.8, 4) is 0 Å². The molecule has 1 saturated heterocycles. The summed E-state index contributed by atoms with van der Waals surface area (Å²) in [6.45, 7) is 1.08. The van der Waals surface area contributed by atoms with Crippen LogP contribution in [0.4, 0.5) is 0 Å². The van der Waals surface area contributed by atoms with E-state index in [1.807, 2.05) is 0 Å². The first-order valence-electron chi connectivity index (χ1n) is 5.34. The second-order valence-corrected chi connectivity index (χ2v) is 4.24. The van der Waals surface area contributed by atoms with Gasteiger partial charge in [-0.3, -0.25) is 9.69 Å². The molecule has 0 aromatic carbocycles. The molecule has 1 heterocycles. The van der Waals surface area contributed by atoms with Crippen molar-refractivity contribution in [1.29, 1.82) is 0 Å². The average molecular weight is 182 g/mol. The van der Waals surface area contributed by atoms with Crippen LogP contribution in [0.15, 0.2) is 0 Å². The highest BCUT2D eigenvalue weighted by Gasteiger charge is 2.34. The van der Waals surface area contributed by atoms with Crippen LogP contribution in [0.2, 0.25) is 0 Å². The maximum atomic E-state index is 11.1. The third kappa shape index (κ3) is 1.70. The SMILES string of the molecule is NC(=O)[C@@H]1CCCN1C1CCCC1. The zero-order valence-electron chi connectivity index (χ0n) is 8.04. The Bertz CT molecular complexity index is 199. The van der Waals surface area contributed by atoms with Gasteiger partial charge < -0.3 is 5.73 Å². The summed E-state index contributed by atoms with van der Waals surface area (Å²) in [4.78, 5) is 13.5. The van der Waals surface area contributed by atoms with Gasteiger partial charge in [0.1, 0.15) is 0 Å². The number of primary amides is 1. The fourth-order valence-electron chi connectivity index (χ4n) is 2.77. The molecular weight excluding hydrogens is 164 g/mol. The van der Waals surface area contributed by atoms with Gasteiger partial charge in [0, 0.05) is 6.04 Å². The first kappa shape index (κ1) is 9.00. The third-order valence-corrected chi connectivity index (χ3v) is 3.42. The molecule has 13 heavy (non-hydrogen) atoms. The molecule has 1 aliphatic heterocycles. The van der Waals surface area contributed by atoms with Crippen molar-refractivity contribution in [2.45, 2.75) is 50.6 Å². The summed E-state index contributed by atoms with van der Waals surface area (Å²) in [5.41, 5.74) is 5.38. The van der Waals surface area contributed by atoms with Gasteiger partial charge >= 0.3 is 0 Å². The molecule has 3 nitrogen and oxygen atoms in total. The van der Waals surface area contributed by atoms with Crippen LogP contribution in [0.5, 0.6) is 0 Å². The van der Waals surface area contributed by atoms with E-state index in [0.29, 0.717) is 6.04 Å². The monoisotopic (exact) mass is 182 g/mol. The minimum Gasteiger partial charge on any atom is -0.368 e. The molecule has 1 saturated carbocycles. The number of hydrogen-bond donors (Lipinski definition) is 1. The Balaban J connectivity index is 2.00. The molecule has 0 radical (unpaired) electrons. The fraction of sp³-hybridized carbons (Fsp3) is 0.900. The highest BCUT2D eigenvalue weighted by atomic mass is 16.1. The molecule has 2 fully saturated rings. The minimum atomic E-state index is -0.121. The van der Waals surface area contributed by atoms with Gasteiger partial charge in [0.05, 0.1) is 6.04 Å². The molecule has 1 atom stereocenters. The minimum absolute atomic E-state index is 0.0445. The number of carbonyl (C=O) groups excluding carboxylic acids is 1. The predicted octanol–water partition coefficient (Wildman–Crippen LogP) is 0.879. The van der Waals surface area contributed by atoms with E-state index >= 15 is 0 Å². The second-order valence-electron chi connectivity index (χ2n) is 4.24. The van der Waals surface area contributed by atoms with Gasteiger partial charge in [-0.1, -0.05) is 12.8 Å². The van der Waals surface area contributed by atoms with Crippen molar-refractivity contribution in [3.05, 3.63) is 0 Å². The van der Waals surface area contributed by atoms with Gasteiger partial charge in [-0.05, 0) is 32.2 Å². The first-order valence-corrected chi connectivity index (χ1v) is 5.34. The molecule has 74 valence electrons. The van der Waals surface area contributed by atoms with E-state index in [9.17, 15) is 4.79 Å². The molecule has 2 N–H and O–H groups in total. The van der Waals surface area contributed by atoms with Crippen LogP contribution in [-0.4, -0.2) is 29.4 Å². The summed E-state index contributed by atoms with van der Waals surface area (Å²) in [7, 11) is 0. The molecule has 2 aliphatic rings. The lowest BCUT2D eigenvalue weighted by molar-refractivity contribution is -0.122. The van der Waals surface area contributed by atoms with Crippen molar-refractivity contribution in [2.24, 2.45) is 5.73 Å². The van der Waals surface area contributed by atoms with Gasteiger partial charge in [0.15, 0.2) is 0 Å². The maximum absolute atomic E-state index is 11.1. The quantitative estimate of drug-likeness (QED) is 0.689. The summed E-state index contributed by atoms with van der Waals surface area (Å²) < 4.78 is 0. The fourth-order valence-corrected chi connectivity index (χ4v) is 2.77. The van der Waals surface area contributed by atoms with Gasteiger partial charge in [0.25, 0.3) is 0 Å². The smallest absolute Gasteiger partial charge is 0.234 e. The number of carbonyl (C=O) groups is 1. The van der Waals surface area contributed by atoms with Gasteiger partial charge in [-0.2, -0.15) is 0 Å². The van der Waals surface area contributed by atoms with Gasteiger partial charge in [0.2, 0.25) is 5.91 Å². The van der Waals surface area contributed by atoms with Crippen molar-refractivity contribution >= 4 is 5.91 Å². The van der Waals surface area contributed by atoms with Crippen LogP contribution in [0, 0.1) is 0 Å². The van der Waals surface area contributed by atoms with E-state index in [4.69, 9.17) is 5.73 Å². The molecule has 1 aliphatic carbocycles. The average Bonchev–Trinajstić information content (AvgIpc) is 2.74. The third-order valence-electron chi connectivity index (χ3n) is 3.42. The molecule has 0 spiro atoms. The van der Waals surface area contributed by atoms with Crippen LogP contribution >= 0.6 is 0 Å². The molecule has 0 bridgehead atoms. The molecule has 0 aromatic heterocycles. The Kier molecular flexibility index (Phi) is 2.54. The molecule has 3 heteroatoms. The normalized spacial score (nSPS) is 31.2. The molecule has 0 aromatic rings. The maximum Gasteiger partial charge on any atom is 0.234 e. The van der Waals surface area contributed by atoms with Gasteiger partial charge in [-0.15, -0.1) is 0 Å². The number of likely N-dealkylation sites (tertiary alicyclic amines) is 1. The number of rotatable bonds is 2. The lowest BCUT2D eigenvalue weighted by Crippen LogP contribution is -2.44. The van der Waals surface area contributed by atoms with E-state index in [1.54, 1.807) is 0 Å². The summed E-state index contributed by atoms with van der Waals surface area (Å²) in [5, 5.41) is 0. The predicted molar refractivity (Wildman–Crippen MR) is 51.2 cm³/mol. The van der Waals surface area contributed by atoms with E-state index < -0.39 is 0 Å². The van der Waals surface area contributed by atoms with Gasteiger partial charge in [-0.25, -0.2) is 0 Å². The highest BCUT2D eigenvalue weighted by molar-refractivity contribution is 5.80. The van der Waals surface area contributed by atoms with Crippen molar-refractivity contribution < 1.29 is 4.79 Å². The molecular formula is C10H18N2O. The number of nitrogens with two attached hydrogens (primary N) is 1. The lowest BCUT2D eigenvalue weighted by Gasteiger charge is -2.28. The van der Waals surface area contributed by atoms with Crippen LogP contribution < -0.4 is 5.73 Å². The number of hydrogen-bond acceptors (Lipinski definition) is 2. The van der Waals surface area contributed by atoms with Crippen LogP contribution in [0.3, 0.4) is 0 Å². The van der Waals surface area contributed by atoms with E-state index in [1.165, 1.54) is 25.7 Å². The second kappa shape index (κ2) is 3.66. The van der Waals surface area contributed by atoms with E-state index in [-0.39, 0.29) is 11.9 Å². The topological polar surface area (TPSA) is 46.3 Å². The zero-order chi connectivity index (χ0) is 9.26. The summed E-state index contributed by atoms with van der Waals surface area (Å²) in [5.74, 6) is -0.121. The number of amides is 1. The van der Waals surface area contributed by atoms with Crippen molar-refractivity contribution in [1.82, 2.24) is 4.90 Å². The highest BCUT2D eigenvalue weighted by Crippen LogP contribution is 2.29. The Morgan fingerprint density at radius 1 is 1.15 bits per heavy atom. The van der Waals surface area contributed by atoms with Crippen LogP contribution in [0.25, 0.3) is 0 Å². The molecule has 2 rings (SSSR count). The van der Waals surface area contributed by atoms with Crippen molar-refractivity contribution in [2.75, 3.05) is 6.54 Å². The summed E-state index contributed by atoms with van der Waals surface area (Å²) in [6.07, 6.45) is 7.31. The summed E-state index contributed by atoms with van der Waals surface area (Å²) in [6, 6.07) is 0.697. The molecule has 0 unspecified atom stereocenters. The van der Waals surface area contributed by atoms with Crippen LogP contribution in [-0.2, 0) is 4.79 Å². The summed E-state index contributed by atoms with van der Waals surface area (Å²) >= 11 is 0. The van der Waals surface area contributed by atoms with Crippen molar-refractivity contribution in [3.63, 3.8) is 0 Å². The first-order chi connectivity index (χ1) is 6.29. The Morgan fingerprint density at radius 2 is 1.85 bits per heavy atom. The van der Waals surface area contributed by atoms with E-state index in [2.05, 4.69) is 4.90 Å². The molecule has 1 amide bonds. The Hall–Kier alpha value is -0.570. The Morgan fingerprint density at radius 3 is 2.46 bits per heavy atom.